The van der Waals surface area contributed by atoms with Gasteiger partial charge in [0.15, 0.2) is 0 Å². The average molecular weight is 282 g/mol. The number of halogens is 3. The van der Waals surface area contributed by atoms with Gasteiger partial charge < -0.3 is 4.74 Å². The fourth-order valence-corrected chi connectivity index (χ4v) is 2.12. The molecule has 1 aromatic carbocycles. The van der Waals surface area contributed by atoms with Crippen LogP contribution in [0.25, 0.3) is 0 Å². The Labute approximate surface area is 116 Å². The van der Waals surface area contributed by atoms with Gasteiger partial charge in [-0.05, 0) is 50.5 Å². The minimum atomic E-state index is -4.34. The normalized spacial score (nSPS) is 22.6. The molecule has 0 saturated heterocycles. The second-order valence-electron chi connectivity index (χ2n) is 4.97. The molecule has 1 aromatic rings. The number of rotatable bonds is 2. The molecule has 0 fully saturated rings. The molecule has 4 heteroatoms. The van der Waals surface area contributed by atoms with Gasteiger partial charge in [0.1, 0.15) is 11.9 Å². The van der Waals surface area contributed by atoms with Gasteiger partial charge in [0.25, 0.3) is 0 Å². The lowest BCUT2D eigenvalue weighted by molar-refractivity contribution is -0.137. The van der Waals surface area contributed by atoms with Crippen LogP contribution in [0.3, 0.4) is 0 Å². The van der Waals surface area contributed by atoms with Crippen molar-refractivity contribution >= 4 is 0 Å². The highest BCUT2D eigenvalue weighted by Crippen LogP contribution is 2.31. The van der Waals surface area contributed by atoms with Gasteiger partial charge in [-0.15, -0.1) is 0 Å². The molecule has 1 aliphatic rings. The van der Waals surface area contributed by atoms with Crippen molar-refractivity contribution in [1.82, 2.24) is 0 Å². The highest BCUT2D eigenvalue weighted by atomic mass is 19.4. The third kappa shape index (κ3) is 4.15. The minimum absolute atomic E-state index is 0.178. The van der Waals surface area contributed by atoms with E-state index in [9.17, 15) is 13.2 Å². The topological polar surface area (TPSA) is 9.23 Å². The molecule has 0 aliphatic heterocycles. The number of ether oxygens (including phenoxy) is 1. The van der Waals surface area contributed by atoms with E-state index in [1.807, 2.05) is 18.2 Å². The van der Waals surface area contributed by atoms with Crippen LogP contribution in [0.15, 0.2) is 48.1 Å². The van der Waals surface area contributed by atoms with Crippen LogP contribution in [-0.4, -0.2) is 6.10 Å². The predicted octanol–water partition coefficient (Wildman–Crippen LogP) is 5.14. The average Bonchev–Trinajstić information content (AvgIpc) is 2.35. The van der Waals surface area contributed by atoms with Gasteiger partial charge >= 0.3 is 6.18 Å². The van der Waals surface area contributed by atoms with Gasteiger partial charge in [0.05, 0.1) is 5.56 Å². The molecule has 0 aromatic heterocycles. The van der Waals surface area contributed by atoms with Gasteiger partial charge in [-0.1, -0.05) is 23.8 Å². The summed E-state index contributed by atoms with van der Waals surface area (Å²) in [5.74, 6) is 0.260. The first-order valence-electron chi connectivity index (χ1n) is 6.63. The van der Waals surface area contributed by atoms with E-state index >= 15 is 0 Å². The molecule has 0 radical (unpaired) electrons. The summed E-state index contributed by atoms with van der Waals surface area (Å²) in [6.07, 6.45) is 4.07. The van der Waals surface area contributed by atoms with E-state index < -0.39 is 11.7 Å². The van der Waals surface area contributed by atoms with Gasteiger partial charge in [-0.25, -0.2) is 0 Å². The molecule has 0 bridgehead atoms. The second-order valence-corrected chi connectivity index (χ2v) is 4.97. The Kier molecular flexibility index (Phi) is 4.53. The molecule has 1 atom stereocenters. The first kappa shape index (κ1) is 14.7. The lowest BCUT2D eigenvalue weighted by Gasteiger charge is -2.18. The summed E-state index contributed by atoms with van der Waals surface area (Å²) in [5.41, 5.74) is 0.624. The van der Waals surface area contributed by atoms with Crippen molar-refractivity contribution in [2.24, 2.45) is 0 Å². The number of allylic oxidation sites excluding steroid dienone is 3. The fourth-order valence-electron chi connectivity index (χ4n) is 2.12. The van der Waals surface area contributed by atoms with Crippen LogP contribution in [0.1, 0.15) is 31.7 Å². The monoisotopic (exact) mass is 282 g/mol. The summed E-state index contributed by atoms with van der Waals surface area (Å²) < 4.78 is 43.5. The molecule has 0 amide bonds. The Morgan fingerprint density at radius 1 is 1.25 bits per heavy atom. The Morgan fingerprint density at radius 2 is 2.05 bits per heavy atom. The van der Waals surface area contributed by atoms with E-state index in [0.717, 1.165) is 31.4 Å². The molecule has 1 unspecified atom stereocenters. The molecule has 2 rings (SSSR count). The lowest BCUT2D eigenvalue weighted by Crippen LogP contribution is -2.15. The Balaban J connectivity index is 2.10. The number of hydrogen-bond donors (Lipinski definition) is 0. The summed E-state index contributed by atoms with van der Waals surface area (Å²) in [6, 6.07) is 5.03. The largest absolute Gasteiger partial charge is 0.486 e. The van der Waals surface area contributed by atoms with Crippen molar-refractivity contribution < 1.29 is 17.9 Å². The molecule has 1 nitrogen and oxygen atoms in total. The van der Waals surface area contributed by atoms with E-state index in [1.54, 1.807) is 6.07 Å². The molecular formula is C16H17F3O. The number of hydrogen-bond acceptors (Lipinski definition) is 1. The zero-order valence-corrected chi connectivity index (χ0v) is 11.3. The second kappa shape index (κ2) is 6.16. The van der Waals surface area contributed by atoms with E-state index in [0.29, 0.717) is 0 Å². The van der Waals surface area contributed by atoms with E-state index in [4.69, 9.17) is 4.74 Å². The van der Waals surface area contributed by atoms with E-state index in [-0.39, 0.29) is 11.9 Å². The van der Waals surface area contributed by atoms with E-state index in [2.05, 4.69) is 6.92 Å². The first-order valence-corrected chi connectivity index (χ1v) is 6.63. The van der Waals surface area contributed by atoms with Crippen LogP contribution in [-0.2, 0) is 6.18 Å². The van der Waals surface area contributed by atoms with Crippen LogP contribution in [0.4, 0.5) is 13.2 Å². The van der Waals surface area contributed by atoms with Crippen LogP contribution >= 0.6 is 0 Å². The fraction of sp³-hybridized carbons (Fsp3) is 0.375. The molecule has 20 heavy (non-hydrogen) atoms. The standard InChI is InChI=1S/C16H17F3O/c1-12-5-2-8-14(9-3-6-12)20-15-10-4-7-13(11-15)16(17,18)19/h2,4-5,7-8,10-11,14H,3,6,9H2,1H3/b8-2?,12-5-. The van der Waals surface area contributed by atoms with Crippen molar-refractivity contribution in [1.29, 1.82) is 0 Å². The lowest BCUT2D eigenvalue weighted by atomic mass is 10.0. The van der Waals surface area contributed by atoms with Crippen molar-refractivity contribution in [2.75, 3.05) is 0 Å². The Bertz CT molecular complexity index is 515. The molecule has 0 spiro atoms. The summed E-state index contributed by atoms with van der Waals surface area (Å²) in [6.45, 7) is 2.07. The summed E-state index contributed by atoms with van der Waals surface area (Å²) >= 11 is 0. The molecule has 1 aliphatic carbocycles. The SMILES string of the molecule is C/C1=C/C=CC(Oc2cccc(C(F)(F)F)c2)CCC1. The maximum absolute atomic E-state index is 12.6. The zero-order valence-electron chi connectivity index (χ0n) is 11.3. The first-order chi connectivity index (χ1) is 9.45. The third-order valence-electron chi connectivity index (χ3n) is 3.22. The highest BCUT2D eigenvalue weighted by molar-refractivity contribution is 5.31. The molecule has 108 valence electrons. The van der Waals surface area contributed by atoms with Crippen LogP contribution in [0, 0.1) is 0 Å². The maximum atomic E-state index is 12.6. The minimum Gasteiger partial charge on any atom is -0.486 e. The summed E-state index contributed by atoms with van der Waals surface area (Å²) in [7, 11) is 0. The van der Waals surface area contributed by atoms with Crippen LogP contribution in [0.5, 0.6) is 5.75 Å². The number of benzene rings is 1. The Hall–Kier alpha value is -1.71. The Morgan fingerprint density at radius 3 is 2.80 bits per heavy atom. The van der Waals surface area contributed by atoms with Crippen molar-refractivity contribution in [3.8, 4) is 5.75 Å². The van der Waals surface area contributed by atoms with Gasteiger partial charge in [-0.3, -0.25) is 0 Å². The van der Waals surface area contributed by atoms with Gasteiger partial charge in [0, 0.05) is 0 Å². The van der Waals surface area contributed by atoms with Crippen molar-refractivity contribution in [2.45, 2.75) is 38.5 Å². The van der Waals surface area contributed by atoms with Crippen molar-refractivity contribution in [3.05, 3.63) is 53.6 Å². The molecule has 0 saturated carbocycles. The molecular weight excluding hydrogens is 265 g/mol. The van der Waals surface area contributed by atoms with Gasteiger partial charge in [0.2, 0.25) is 0 Å². The van der Waals surface area contributed by atoms with Crippen molar-refractivity contribution in [3.63, 3.8) is 0 Å². The summed E-state index contributed by atoms with van der Waals surface area (Å²) in [4.78, 5) is 0. The predicted molar refractivity (Wildman–Crippen MR) is 72.6 cm³/mol. The van der Waals surface area contributed by atoms with Crippen LogP contribution < -0.4 is 4.74 Å². The van der Waals surface area contributed by atoms with E-state index in [1.165, 1.54) is 11.6 Å². The maximum Gasteiger partial charge on any atom is 0.416 e. The zero-order chi connectivity index (χ0) is 14.6. The summed E-state index contributed by atoms with van der Waals surface area (Å²) in [5, 5.41) is 0. The molecule has 0 N–H and O–H groups in total. The number of alkyl halides is 3. The quantitative estimate of drug-likeness (QED) is 0.729. The molecule has 0 heterocycles. The highest BCUT2D eigenvalue weighted by Gasteiger charge is 2.30. The van der Waals surface area contributed by atoms with Gasteiger partial charge in [-0.2, -0.15) is 13.2 Å². The van der Waals surface area contributed by atoms with Crippen LogP contribution in [0.2, 0.25) is 0 Å². The third-order valence-corrected chi connectivity index (χ3v) is 3.22. The smallest absolute Gasteiger partial charge is 0.416 e.